The largest absolute Gasteiger partial charge is 0.289 e. The Balaban J connectivity index is 2.41. The summed E-state index contributed by atoms with van der Waals surface area (Å²) in [4.78, 5) is 11.9. The van der Waals surface area contributed by atoms with E-state index in [-0.39, 0.29) is 16.1 Å². The second-order valence-corrected chi connectivity index (χ2v) is 3.99. The van der Waals surface area contributed by atoms with Crippen LogP contribution >= 0.6 is 11.6 Å². The Labute approximate surface area is 106 Å². The van der Waals surface area contributed by atoms with Crippen LogP contribution in [0.5, 0.6) is 0 Å². The molecule has 0 fully saturated rings. The van der Waals surface area contributed by atoms with E-state index in [9.17, 15) is 18.0 Å². The first-order chi connectivity index (χ1) is 8.49. The van der Waals surface area contributed by atoms with E-state index >= 15 is 0 Å². The molecule has 0 N–H and O–H groups in total. The van der Waals surface area contributed by atoms with E-state index in [1.54, 1.807) is 0 Å². The van der Waals surface area contributed by atoms with Gasteiger partial charge in [0.05, 0.1) is 5.02 Å². The van der Waals surface area contributed by atoms with Crippen LogP contribution < -0.4 is 0 Å². The Morgan fingerprint density at radius 3 is 1.94 bits per heavy atom. The van der Waals surface area contributed by atoms with Crippen molar-refractivity contribution in [1.82, 2.24) is 0 Å². The van der Waals surface area contributed by atoms with Crippen molar-refractivity contribution in [3.63, 3.8) is 0 Å². The van der Waals surface area contributed by atoms with Crippen LogP contribution in [0.1, 0.15) is 15.9 Å². The van der Waals surface area contributed by atoms with Gasteiger partial charge >= 0.3 is 0 Å². The zero-order valence-corrected chi connectivity index (χ0v) is 9.64. The van der Waals surface area contributed by atoms with E-state index in [0.717, 1.165) is 30.3 Å². The molecule has 0 saturated carbocycles. The number of hydrogen-bond acceptors (Lipinski definition) is 1. The van der Waals surface area contributed by atoms with Gasteiger partial charge in [-0.15, -0.1) is 0 Å². The molecule has 0 atom stereocenters. The Morgan fingerprint density at radius 2 is 1.39 bits per heavy atom. The molecule has 0 radical (unpaired) electrons. The molecule has 0 spiro atoms. The summed E-state index contributed by atoms with van der Waals surface area (Å²) < 4.78 is 38.6. The van der Waals surface area contributed by atoms with Crippen LogP contribution in [0, 0.1) is 17.5 Å². The van der Waals surface area contributed by atoms with Crippen molar-refractivity contribution in [2.45, 2.75) is 0 Å². The molecule has 2 aromatic rings. The quantitative estimate of drug-likeness (QED) is 0.754. The molecular weight excluding hydrogens is 265 g/mol. The van der Waals surface area contributed by atoms with E-state index in [0.29, 0.717) is 0 Å². The molecule has 0 bridgehead atoms. The molecule has 92 valence electrons. The minimum Gasteiger partial charge on any atom is -0.289 e. The van der Waals surface area contributed by atoms with Crippen LogP contribution in [0.2, 0.25) is 5.02 Å². The number of hydrogen-bond donors (Lipinski definition) is 0. The molecule has 2 rings (SSSR count). The maximum atomic E-state index is 13.0. The highest BCUT2D eigenvalue weighted by molar-refractivity contribution is 6.31. The molecule has 0 amide bonds. The van der Waals surface area contributed by atoms with Crippen LogP contribution in [0.25, 0.3) is 0 Å². The minimum absolute atomic E-state index is 0.0309. The summed E-state index contributed by atoms with van der Waals surface area (Å²) in [5.74, 6) is -3.37. The van der Waals surface area contributed by atoms with Gasteiger partial charge in [0, 0.05) is 11.1 Å². The van der Waals surface area contributed by atoms with E-state index in [2.05, 4.69) is 0 Å². The van der Waals surface area contributed by atoms with Crippen molar-refractivity contribution in [3.8, 4) is 0 Å². The lowest BCUT2D eigenvalue weighted by molar-refractivity contribution is 0.103. The molecule has 18 heavy (non-hydrogen) atoms. The van der Waals surface area contributed by atoms with Crippen molar-refractivity contribution in [1.29, 1.82) is 0 Å². The molecule has 0 aliphatic carbocycles. The first kappa shape index (κ1) is 12.6. The van der Waals surface area contributed by atoms with Gasteiger partial charge in [-0.25, -0.2) is 13.2 Å². The third-order valence-corrected chi connectivity index (χ3v) is 2.65. The maximum Gasteiger partial charge on any atom is 0.193 e. The SMILES string of the molecule is O=C(c1ccc(F)c(F)c1)c1ccc(F)c(Cl)c1. The standard InChI is InChI=1S/C13H6ClF3O/c14-9-5-7(1-3-10(9)15)13(18)8-2-4-11(16)12(17)6-8/h1-6H. The van der Waals surface area contributed by atoms with E-state index in [1.165, 1.54) is 6.07 Å². The van der Waals surface area contributed by atoms with Gasteiger partial charge in [-0.2, -0.15) is 0 Å². The Bertz CT molecular complexity index is 572. The van der Waals surface area contributed by atoms with E-state index in [4.69, 9.17) is 11.6 Å². The number of rotatable bonds is 2. The predicted molar refractivity (Wildman–Crippen MR) is 61.2 cm³/mol. The smallest absolute Gasteiger partial charge is 0.193 e. The topological polar surface area (TPSA) is 17.1 Å². The van der Waals surface area contributed by atoms with Gasteiger partial charge < -0.3 is 0 Å². The fourth-order valence-electron chi connectivity index (χ4n) is 1.44. The molecule has 0 aromatic heterocycles. The fourth-order valence-corrected chi connectivity index (χ4v) is 1.62. The van der Waals surface area contributed by atoms with Crippen LogP contribution in [0.3, 0.4) is 0 Å². The summed E-state index contributed by atoms with van der Waals surface area (Å²) in [6.07, 6.45) is 0. The summed E-state index contributed by atoms with van der Waals surface area (Å²) in [5.41, 5.74) is 0.0731. The van der Waals surface area contributed by atoms with Gasteiger partial charge in [-0.3, -0.25) is 4.79 Å². The number of carbonyl (C=O) groups is 1. The first-order valence-corrected chi connectivity index (χ1v) is 5.31. The molecule has 1 nitrogen and oxygen atoms in total. The number of ketones is 1. The highest BCUT2D eigenvalue weighted by Gasteiger charge is 2.13. The second kappa shape index (κ2) is 4.82. The van der Waals surface area contributed by atoms with E-state index in [1.807, 2.05) is 0 Å². The van der Waals surface area contributed by atoms with Crippen LogP contribution in [-0.2, 0) is 0 Å². The molecular formula is C13H6ClF3O. The minimum atomic E-state index is -1.12. The van der Waals surface area contributed by atoms with E-state index < -0.39 is 23.2 Å². The van der Waals surface area contributed by atoms with Crippen LogP contribution in [0.4, 0.5) is 13.2 Å². The lowest BCUT2D eigenvalue weighted by Crippen LogP contribution is -2.03. The Hall–Kier alpha value is -1.81. The summed E-state index contributed by atoms with van der Waals surface area (Å²) in [5, 5.41) is -0.205. The molecule has 0 aliphatic heterocycles. The van der Waals surface area contributed by atoms with Gasteiger partial charge in [0.25, 0.3) is 0 Å². The Kier molecular flexibility index (Phi) is 3.39. The average Bonchev–Trinajstić information content (AvgIpc) is 2.35. The monoisotopic (exact) mass is 270 g/mol. The number of halogens is 4. The molecule has 0 saturated heterocycles. The van der Waals surface area contributed by atoms with Crippen molar-refractivity contribution >= 4 is 17.4 Å². The average molecular weight is 271 g/mol. The zero-order chi connectivity index (χ0) is 13.3. The van der Waals surface area contributed by atoms with Crippen LogP contribution in [0.15, 0.2) is 36.4 Å². The molecule has 0 aliphatic rings. The molecule has 0 unspecified atom stereocenters. The van der Waals surface area contributed by atoms with Gasteiger partial charge in [-0.1, -0.05) is 11.6 Å². The Morgan fingerprint density at radius 1 is 0.833 bits per heavy atom. The zero-order valence-electron chi connectivity index (χ0n) is 8.88. The summed E-state index contributed by atoms with van der Waals surface area (Å²) >= 11 is 5.54. The number of benzene rings is 2. The highest BCUT2D eigenvalue weighted by Crippen LogP contribution is 2.19. The fraction of sp³-hybridized carbons (Fsp3) is 0. The van der Waals surface area contributed by atoms with Gasteiger partial charge in [0.2, 0.25) is 0 Å². The summed E-state index contributed by atoms with van der Waals surface area (Å²) in [6, 6.07) is 6.20. The normalized spacial score (nSPS) is 10.4. The van der Waals surface area contributed by atoms with Gasteiger partial charge in [0.1, 0.15) is 5.82 Å². The van der Waals surface area contributed by atoms with Gasteiger partial charge in [0.15, 0.2) is 17.4 Å². The van der Waals surface area contributed by atoms with Crippen LogP contribution in [-0.4, -0.2) is 5.78 Å². The second-order valence-electron chi connectivity index (χ2n) is 3.59. The highest BCUT2D eigenvalue weighted by atomic mass is 35.5. The lowest BCUT2D eigenvalue weighted by Gasteiger charge is -2.03. The summed E-state index contributed by atoms with van der Waals surface area (Å²) in [7, 11) is 0. The number of carbonyl (C=O) groups excluding carboxylic acids is 1. The van der Waals surface area contributed by atoms with Gasteiger partial charge in [-0.05, 0) is 36.4 Å². The third-order valence-electron chi connectivity index (χ3n) is 2.36. The maximum absolute atomic E-state index is 13.0. The molecule has 2 aromatic carbocycles. The van der Waals surface area contributed by atoms with Crippen molar-refractivity contribution in [2.75, 3.05) is 0 Å². The lowest BCUT2D eigenvalue weighted by atomic mass is 10.0. The molecule has 0 heterocycles. The summed E-state index contributed by atoms with van der Waals surface area (Å²) in [6.45, 7) is 0. The van der Waals surface area contributed by atoms with Crippen molar-refractivity contribution in [3.05, 3.63) is 70.0 Å². The predicted octanol–water partition coefficient (Wildman–Crippen LogP) is 3.99. The third kappa shape index (κ3) is 2.38. The van der Waals surface area contributed by atoms with Crippen molar-refractivity contribution in [2.24, 2.45) is 0 Å². The first-order valence-electron chi connectivity index (χ1n) is 4.94. The van der Waals surface area contributed by atoms with Crippen molar-refractivity contribution < 1.29 is 18.0 Å². The molecule has 5 heteroatoms.